The maximum Gasteiger partial charge on any atom is 0.244 e. The average molecular weight is 255 g/mol. The number of hydrogen-bond acceptors (Lipinski definition) is 4. The molecule has 0 atom stereocenters. The van der Waals surface area contributed by atoms with Gasteiger partial charge in [0.25, 0.3) is 0 Å². The molecule has 1 amide bonds. The molecule has 2 aromatic rings. The molecule has 0 saturated heterocycles. The molecule has 0 saturated carbocycles. The molecule has 6 nitrogen and oxygen atoms in total. The average Bonchev–Trinajstić information content (AvgIpc) is 2.82. The molecule has 0 fully saturated rings. The van der Waals surface area contributed by atoms with Crippen LogP contribution in [0.3, 0.4) is 0 Å². The first-order chi connectivity index (χ1) is 9.11. The Hall–Kier alpha value is -2.68. The molecule has 0 aliphatic carbocycles. The van der Waals surface area contributed by atoms with Gasteiger partial charge in [-0.3, -0.25) is 9.36 Å². The Morgan fingerprint density at radius 2 is 2.26 bits per heavy atom. The molecule has 0 radical (unpaired) electrons. The summed E-state index contributed by atoms with van der Waals surface area (Å²) in [4.78, 5) is 11.9. The van der Waals surface area contributed by atoms with E-state index in [-0.39, 0.29) is 18.3 Å². The Labute approximate surface area is 110 Å². The van der Waals surface area contributed by atoms with Crippen LogP contribution in [0, 0.1) is 25.2 Å². The molecular formula is C13H13N5O. The van der Waals surface area contributed by atoms with Crippen molar-refractivity contribution in [3.8, 4) is 6.07 Å². The summed E-state index contributed by atoms with van der Waals surface area (Å²) in [6.45, 7) is 3.95. The zero-order chi connectivity index (χ0) is 13.8. The third kappa shape index (κ3) is 2.77. The first-order valence-electron chi connectivity index (χ1n) is 5.76. The third-order valence-electron chi connectivity index (χ3n) is 2.91. The van der Waals surface area contributed by atoms with Crippen molar-refractivity contribution in [2.24, 2.45) is 0 Å². The van der Waals surface area contributed by atoms with Gasteiger partial charge in [0.15, 0.2) is 0 Å². The molecule has 1 heterocycles. The summed E-state index contributed by atoms with van der Waals surface area (Å²) < 4.78 is 1.40. The Morgan fingerprint density at radius 1 is 1.47 bits per heavy atom. The fourth-order valence-corrected chi connectivity index (χ4v) is 1.69. The van der Waals surface area contributed by atoms with Crippen LogP contribution in [0.1, 0.15) is 17.0 Å². The standard InChI is InChI=1S/C13H13N5O/c1-9-4-3-5-11(10(9)2)16-13(19)7-18-8-15-17-12(18)6-14/h3-5,8H,7H2,1-2H3,(H,16,19). The quantitative estimate of drug-likeness (QED) is 0.898. The number of amides is 1. The molecule has 1 N–H and O–H groups in total. The number of hydrogen-bond donors (Lipinski definition) is 1. The van der Waals surface area contributed by atoms with Gasteiger partial charge in [0.2, 0.25) is 11.7 Å². The Kier molecular flexibility index (Phi) is 3.57. The molecule has 0 unspecified atom stereocenters. The lowest BCUT2D eigenvalue weighted by molar-refractivity contribution is -0.116. The number of nitriles is 1. The molecule has 6 heteroatoms. The monoisotopic (exact) mass is 255 g/mol. The van der Waals surface area contributed by atoms with Crippen molar-refractivity contribution in [3.05, 3.63) is 41.5 Å². The van der Waals surface area contributed by atoms with E-state index in [1.54, 1.807) is 0 Å². The summed E-state index contributed by atoms with van der Waals surface area (Å²) in [5.74, 6) is -0.0962. The number of nitrogens with zero attached hydrogens (tertiary/aromatic N) is 4. The van der Waals surface area contributed by atoms with Crippen LogP contribution in [0.5, 0.6) is 0 Å². The predicted octanol–water partition coefficient (Wildman–Crippen LogP) is 1.41. The fraction of sp³-hybridized carbons (Fsp3) is 0.231. The van der Waals surface area contributed by atoms with Crippen LogP contribution >= 0.6 is 0 Å². The maximum atomic E-state index is 11.9. The topological polar surface area (TPSA) is 83.6 Å². The summed E-state index contributed by atoms with van der Waals surface area (Å²) >= 11 is 0. The highest BCUT2D eigenvalue weighted by molar-refractivity contribution is 5.91. The molecule has 0 aliphatic heterocycles. The van der Waals surface area contributed by atoms with E-state index >= 15 is 0 Å². The Morgan fingerprint density at radius 3 is 3.00 bits per heavy atom. The normalized spacial score (nSPS) is 9.95. The van der Waals surface area contributed by atoms with Gasteiger partial charge in [-0.25, -0.2) is 0 Å². The highest BCUT2D eigenvalue weighted by Crippen LogP contribution is 2.17. The van der Waals surface area contributed by atoms with Gasteiger partial charge in [-0.2, -0.15) is 5.26 Å². The zero-order valence-electron chi connectivity index (χ0n) is 10.7. The van der Waals surface area contributed by atoms with Crippen LogP contribution < -0.4 is 5.32 Å². The molecular weight excluding hydrogens is 242 g/mol. The van der Waals surface area contributed by atoms with Crippen LogP contribution in [-0.4, -0.2) is 20.7 Å². The van der Waals surface area contributed by atoms with Crippen LogP contribution in [0.15, 0.2) is 24.5 Å². The number of aromatic nitrogens is 3. The van der Waals surface area contributed by atoms with Gasteiger partial charge in [0, 0.05) is 5.69 Å². The van der Waals surface area contributed by atoms with E-state index in [0.29, 0.717) is 0 Å². The van der Waals surface area contributed by atoms with Gasteiger partial charge in [-0.15, -0.1) is 10.2 Å². The van der Waals surface area contributed by atoms with Crippen LogP contribution in [-0.2, 0) is 11.3 Å². The number of anilines is 1. The molecule has 1 aromatic heterocycles. The lowest BCUT2D eigenvalue weighted by atomic mass is 10.1. The second-order valence-corrected chi connectivity index (χ2v) is 4.19. The van der Waals surface area contributed by atoms with Crippen LogP contribution in [0.2, 0.25) is 0 Å². The van der Waals surface area contributed by atoms with E-state index in [1.165, 1.54) is 10.9 Å². The number of carbonyl (C=O) groups excluding carboxylic acids is 1. The van der Waals surface area contributed by atoms with Crippen molar-refractivity contribution >= 4 is 11.6 Å². The number of benzene rings is 1. The summed E-state index contributed by atoms with van der Waals surface area (Å²) in [6.07, 6.45) is 1.36. The minimum Gasteiger partial charge on any atom is -0.324 e. The van der Waals surface area contributed by atoms with Crippen molar-refractivity contribution in [3.63, 3.8) is 0 Å². The molecule has 0 aliphatic rings. The van der Waals surface area contributed by atoms with Gasteiger partial charge in [0.05, 0.1) is 0 Å². The smallest absolute Gasteiger partial charge is 0.244 e. The number of rotatable bonds is 3. The van der Waals surface area contributed by atoms with Crippen LogP contribution in [0.25, 0.3) is 0 Å². The van der Waals surface area contributed by atoms with E-state index in [0.717, 1.165) is 16.8 Å². The third-order valence-corrected chi connectivity index (χ3v) is 2.91. The van der Waals surface area contributed by atoms with E-state index in [4.69, 9.17) is 5.26 Å². The van der Waals surface area contributed by atoms with E-state index in [9.17, 15) is 4.79 Å². The summed E-state index contributed by atoms with van der Waals surface area (Å²) in [7, 11) is 0. The summed E-state index contributed by atoms with van der Waals surface area (Å²) in [5.41, 5.74) is 2.91. The lowest BCUT2D eigenvalue weighted by Crippen LogP contribution is -2.19. The first kappa shape index (κ1) is 12.8. The second-order valence-electron chi connectivity index (χ2n) is 4.19. The number of nitrogens with one attached hydrogen (secondary N) is 1. The van der Waals surface area contributed by atoms with Crippen molar-refractivity contribution in [2.45, 2.75) is 20.4 Å². The van der Waals surface area contributed by atoms with E-state index in [2.05, 4.69) is 15.5 Å². The Bertz CT molecular complexity index is 653. The van der Waals surface area contributed by atoms with Gasteiger partial charge < -0.3 is 5.32 Å². The van der Waals surface area contributed by atoms with E-state index in [1.807, 2.05) is 38.1 Å². The van der Waals surface area contributed by atoms with Crippen molar-refractivity contribution in [1.29, 1.82) is 5.26 Å². The largest absolute Gasteiger partial charge is 0.324 e. The maximum absolute atomic E-state index is 11.9. The van der Waals surface area contributed by atoms with Crippen molar-refractivity contribution in [2.75, 3.05) is 5.32 Å². The molecule has 0 bridgehead atoms. The molecule has 0 spiro atoms. The van der Waals surface area contributed by atoms with Gasteiger partial charge >= 0.3 is 0 Å². The molecule has 19 heavy (non-hydrogen) atoms. The lowest BCUT2D eigenvalue weighted by Gasteiger charge is -2.10. The highest BCUT2D eigenvalue weighted by atomic mass is 16.1. The first-order valence-corrected chi connectivity index (χ1v) is 5.76. The SMILES string of the molecule is Cc1cccc(NC(=O)Cn2cnnc2C#N)c1C. The van der Waals surface area contributed by atoms with Gasteiger partial charge in [0.1, 0.15) is 18.9 Å². The number of carbonyl (C=O) groups is 1. The molecule has 1 aromatic carbocycles. The van der Waals surface area contributed by atoms with Crippen molar-refractivity contribution < 1.29 is 4.79 Å². The zero-order valence-corrected chi connectivity index (χ0v) is 10.7. The Balaban J connectivity index is 2.10. The van der Waals surface area contributed by atoms with E-state index < -0.39 is 0 Å². The minimum atomic E-state index is -0.218. The summed E-state index contributed by atoms with van der Waals surface area (Å²) in [6, 6.07) is 7.59. The minimum absolute atomic E-state index is 0.0171. The number of aryl methyl sites for hydroxylation is 1. The highest BCUT2D eigenvalue weighted by Gasteiger charge is 2.09. The fourth-order valence-electron chi connectivity index (χ4n) is 1.69. The second kappa shape index (κ2) is 5.31. The van der Waals surface area contributed by atoms with Gasteiger partial charge in [-0.1, -0.05) is 12.1 Å². The molecule has 96 valence electrons. The van der Waals surface area contributed by atoms with Crippen LogP contribution in [0.4, 0.5) is 5.69 Å². The predicted molar refractivity (Wildman–Crippen MR) is 69.3 cm³/mol. The summed E-state index contributed by atoms with van der Waals surface area (Å²) in [5, 5.41) is 18.8. The van der Waals surface area contributed by atoms with Crippen molar-refractivity contribution in [1.82, 2.24) is 14.8 Å². The molecule has 2 rings (SSSR count). The van der Waals surface area contributed by atoms with Gasteiger partial charge in [-0.05, 0) is 31.0 Å².